The highest BCUT2D eigenvalue weighted by molar-refractivity contribution is 5.96. The molecule has 0 aromatic heterocycles. The van der Waals surface area contributed by atoms with Crippen LogP contribution in [0.5, 0.6) is 0 Å². The first-order valence-electron chi connectivity index (χ1n) is 10.7. The number of hydrogen-bond donors (Lipinski definition) is 1. The fraction of sp³-hybridized carbons (Fsp3) is 0.417. The van der Waals surface area contributed by atoms with Crippen LogP contribution in [0.4, 0.5) is 11.4 Å². The van der Waals surface area contributed by atoms with E-state index in [1.807, 2.05) is 60.4 Å². The highest BCUT2D eigenvalue weighted by atomic mass is 16.5. The maximum Gasteiger partial charge on any atom is 0.254 e. The molecular formula is C24H29N3O3. The average Bonchev–Trinajstić information content (AvgIpc) is 2.80. The van der Waals surface area contributed by atoms with Crippen LogP contribution in [-0.4, -0.2) is 56.1 Å². The summed E-state index contributed by atoms with van der Waals surface area (Å²) in [7, 11) is 0. The normalized spacial score (nSPS) is 17.6. The van der Waals surface area contributed by atoms with Gasteiger partial charge in [0, 0.05) is 49.0 Å². The first-order chi connectivity index (χ1) is 14.6. The molecule has 1 N–H and O–H groups in total. The SMILES string of the molecule is Cc1ccccc1C(=O)N1CCC(C(=O)Nc2ccc(N3CCOCC3)cc2)CC1. The molecule has 2 saturated heterocycles. The number of hydrogen-bond acceptors (Lipinski definition) is 4. The van der Waals surface area contributed by atoms with Crippen LogP contribution in [0, 0.1) is 12.8 Å². The second kappa shape index (κ2) is 9.30. The molecule has 2 amide bonds. The lowest BCUT2D eigenvalue weighted by atomic mass is 9.95. The third-order valence-corrected chi connectivity index (χ3v) is 6.04. The lowest BCUT2D eigenvalue weighted by molar-refractivity contribution is -0.121. The average molecular weight is 408 g/mol. The van der Waals surface area contributed by atoms with Crippen molar-refractivity contribution in [2.24, 2.45) is 5.92 Å². The van der Waals surface area contributed by atoms with Crippen molar-refractivity contribution in [3.05, 3.63) is 59.7 Å². The lowest BCUT2D eigenvalue weighted by Crippen LogP contribution is -2.41. The highest BCUT2D eigenvalue weighted by Gasteiger charge is 2.28. The summed E-state index contributed by atoms with van der Waals surface area (Å²) < 4.78 is 5.39. The van der Waals surface area contributed by atoms with Gasteiger partial charge in [-0.05, 0) is 55.7 Å². The summed E-state index contributed by atoms with van der Waals surface area (Å²) in [6, 6.07) is 15.7. The van der Waals surface area contributed by atoms with E-state index in [4.69, 9.17) is 4.74 Å². The van der Waals surface area contributed by atoms with Crippen molar-refractivity contribution in [3.63, 3.8) is 0 Å². The predicted octanol–water partition coefficient (Wildman–Crippen LogP) is 3.32. The molecule has 4 rings (SSSR count). The molecule has 0 radical (unpaired) electrons. The van der Waals surface area contributed by atoms with Gasteiger partial charge in [-0.25, -0.2) is 0 Å². The molecule has 0 bridgehead atoms. The molecular weight excluding hydrogens is 378 g/mol. The van der Waals surface area contributed by atoms with Gasteiger partial charge < -0.3 is 19.9 Å². The van der Waals surface area contributed by atoms with E-state index in [-0.39, 0.29) is 17.7 Å². The minimum atomic E-state index is -0.0650. The van der Waals surface area contributed by atoms with E-state index in [1.165, 1.54) is 0 Å². The van der Waals surface area contributed by atoms with Crippen LogP contribution in [-0.2, 0) is 9.53 Å². The van der Waals surface area contributed by atoms with E-state index in [0.29, 0.717) is 25.9 Å². The van der Waals surface area contributed by atoms with Crippen molar-refractivity contribution in [2.45, 2.75) is 19.8 Å². The number of rotatable bonds is 4. The molecule has 2 heterocycles. The van der Waals surface area contributed by atoms with Crippen molar-refractivity contribution in [1.29, 1.82) is 0 Å². The first-order valence-corrected chi connectivity index (χ1v) is 10.7. The monoisotopic (exact) mass is 407 g/mol. The minimum absolute atomic E-state index is 0.0390. The molecule has 30 heavy (non-hydrogen) atoms. The van der Waals surface area contributed by atoms with Crippen LogP contribution in [0.3, 0.4) is 0 Å². The third-order valence-electron chi connectivity index (χ3n) is 6.04. The maximum absolute atomic E-state index is 12.8. The number of benzene rings is 2. The van der Waals surface area contributed by atoms with Gasteiger partial charge in [-0.2, -0.15) is 0 Å². The third kappa shape index (κ3) is 4.65. The summed E-state index contributed by atoms with van der Waals surface area (Å²) in [5.41, 5.74) is 3.71. The molecule has 0 aliphatic carbocycles. The number of ether oxygens (including phenoxy) is 1. The Labute approximate surface area is 177 Å². The van der Waals surface area contributed by atoms with Gasteiger partial charge in [0.2, 0.25) is 5.91 Å². The number of nitrogens with one attached hydrogen (secondary N) is 1. The fourth-order valence-corrected chi connectivity index (χ4v) is 4.15. The molecule has 6 heteroatoms. The van der Waals surface area contributed by atoms with Gasteiger partial charge in [0.1, 0.15) is 0 Å². The predicted molar refractivity (Wildman–Crippen MR) is 118 cm³/mol. The van der Waals surface area contributed by atoms with Gasteiger partial charge in [0.05, 0.1) is 13.2 Å². The summed E-state index contributed by atoms with van der Waals surface area (Å²) in [4.78, 5) is 29.6. The Balaban J connectivity index is 1.29. The molecule has 158 valence electrons. The minimum Gasteiger partial charge on any atom is -0.378 e. The number of amides is 2. The number of piperidine rings is 1. The smallest absolute Gasteiger partial charge is 0.254 e. The van der Waals surface area contributed by atoms with Gasteiger partial charge >= 0.3 is 0 Å². The van der Waals surface area contributed by atoms with Gasteiger partial charge in [0.15, 0.2) is 0 Å². The Bertz CT molecular complexity index is 883. The Morgan fingerprint density at radius 2 is 1.60 bits per heavy atom. The summed E-state index contributed by atoms with van der Waals surface area (Å²) in [5, 5.41) is 3.04. The van der Waals surface area contributed by atoms with Crippen molar-refractivity contribution < 1.29 is 14.3 Å². The number of carbonyl (C=O) groups excluding carboxylic acids is 2. The van der Waals surface area contributed by atoms with Crippen molar-refractivity contribution in [2.75, 3.05) is 49.6 Å². The van der Waals surface area contributed by atoms with E-state index in [0.717, 1.165) is 48.8 Å². The van der Waals surface area contributed by atoms with Crippen LogP contribution in [0.15, 0.2) is 48.5 Å². The zero-order chi connectivity index (χ0) is 20.9. The lowest BCUT2D eigenvalue weighted by Gasteiger charge is -2.32. The van der Waals surface area contributed by atoms with E-state index in [9.17, 15) is 9.59 Å². The molecule has 2 fully saturated rings. The first kappa shape index (κ1) is 20.4. The van der Waals surface area contributed by atoms with E-state index >= 15 is 0 Å². The maximum atomic E-state index is 12.8. The van der Waals surface area contributed by atoms with Crippen molar-refractivity contribution in [1.82, 2.24) is 4.90 Å². The van der Waals surface area contributed by atoms with Crippen LogP contribution in [0.2, 0.25) is 0 Å². The van der Waals surface area contributed by atoms with E-state index in [1.54, 1.807) is 0 Å². The van der Waals surface area contributed by atoms with Gasteiger partial charge in [-0.3, -0.25) is 9.59 Å². The molecule has 0 unspecified atom stereocenters. The molecule has 2 aromatic rings. The number of likely N-dealkylation sites (tertiary alicyclic amines) is 1. The van der Waals surface area contributed by atoms with Crippen LogP contribution in [0.25, 0.3) is 0 Å². The number of nitrogens with zero attached hydrogens (tertiary/aromatic N) is 2. The van der Waals surface area contributed by atoms with Crippen LogP contribution in [0.1, 0.15) is 28.8 Å². The topological polar surface area (TPSA) is 61.9 Å². The summed E-state index contributed by atoms with van der Waals surface area (Å²) >= 11 is 0. The Morgan fingerprint density at radius 1 is 0.933 bits per heavy atom. The Morgan fingerprint density at radius 3 is 2.27 bits per heavy atom. The zero-order valence-electron chi connectivity index (χ0n) is 17.5. The second-order valence-corrected chi connectivity index (χ2v) is 8.02. The summed E-state index contributed by atoms with van der Waals surface area (Å²) in [5.74, 6) is 0.0348. The molecule has 2 aromatic carbocycles. The van der Waals surface area contributed by atoms with E-state index in [2.05, 4.69) is 10.2 Å². The van der Waals surface area contributed by atoms with Gasteiger partial charge in [-0.15, -0.1) is 0 Å². The summed E-state index contributed by atoms with van der Waals surface area (Å²) in [6.07, 6.45) is 1.38. The van der Waals surface area contributed by atoms with Crippen LogP contribution >= 0.6 is 0 Å². The Hall–Kier alpha value is -2.86. The zero-order valence-corrected chi connectivity index (χ0v) is 17.5. The summed E-state index contributed by atoms with van der Waals surface area (Å²) in [6.45, 7) is 6.48. The number of carbonyl (C=O) groups is 2. The number of aryl methyl sites for hydroxylation is 1. The molecule has 0 saturated carbocycles. The fourth-order valence-electron chi connectivity index (χ4n) is 4.15. The molecule has 2 aliphatic rings. The number of anilines is 2. The van der Waals surface area contributed by atoms with Crippen molar-refractivity contribution in [3.8, 4) is 0 Å². The van der Waals surface area contributed by atoms with E-state index < -0.39 is 0 Å². The molecule has 0 spiro atoms. The second-order valence-electron chi connectivity index (χ2n) is 8.02. The van der Waals surface area contributed by atoms with Crippen molar-refractivity contribution >= 4 is 23.2 Å². The Kier molecular flexibility index (Phi) is 6.33. The molecule has 0 atom stereocenters. The number of morpholine rings is 1. The molecule has 6 nitrogen and oxygen atoms in total. The quantitative estimate of drug-likeness (QED) is 0.845. The van der Waals surface area contributed by atoms with Gasteiger partial charge in [-0.1, -0.05) is 18.2 Å². The van der Waals surface area contributed by atoms with Gasteiger partial charge in [0.25, 0.3) is 5.91 Å². The largest absolute Gasteiger partial charge is 0.378 e. The highest BCUT2D eigenvalue weighted by Crippen LogP contribution is 2.23. The molecule has 2 aliphatic heterocycles. The van der Waals surface area contributed by atoms with Crippen LogP contribution < -0.4 is 10.2 Å². The standard InChI is InChI=1S/C24H29N3O3/c1-18-4-2-3-5-22(18)24(29)27-12-10-19(11-13-27)23(28)25-20-6-8-21(9-7-20)26-14-16-30-17-15-26/h2-9,19H,10-17H2,1H3,(H,25,28).